The second-order valence-corrected chi connectivity index (χ2v) is 18.9. The van der Waals surface area contributed by atoms with Crippen molar-refractivity contribution in [1.82, 2.24) is 15.5 Å². The zero-order valence-electron chi connectivity index (χ0n) is 35.5. The van der Waals surface area contributed by atoms with Crippen LogP contribution >= 0.6 is 0 Å². The topological polar surface area (TPSA) is 321 Å². The first kappa shape index (κ1) is 50.6. The summed E-state index contributed by atoms with van der Waals surface area (Å²) in [7, 11) is 0. The van der Waals surface area contributed by atoms with Gasteiger partial charge in [-0.1, -0.05) is 20.8 Å². The van der Waals surface area contributed by atoms with Gasteiger partial charge in [0.1, 0.15) is 36.6 Å². The van der Waals surface area contributed by atoms with Crippen molar-refractivity contribution in [2.45, 2.75) is 159 Å². The average Bonchev–Trinajstić information content (AvgIpc) is 3.61. The third-order valence-electron chi connectivity index (χ3n) is 15.5. The molecule has 0 aromatic heterocycles. The van der Waals surface area contributed by atoms with Crippen molar-refractivity contribution in [2.24, 2.45) is 46.3 Å². The van der Waals surface area contributed by atoms with Crippen LogP contribution in [0.1, 0.15) is 97.8 Å². The minimum Gasteiger partial charge on any atom is -0.394 e. The van der Waals surface area contributed by atoms with Crippen LogP contribution in [-0.4, -0.2) is 184 Å². The first-order valence-corrected chi connectivity index (χ1v) is 22.1. The fourth-order valence-electron chi connectivity index (χ4n) is 11.8. The van der Waals surface area contributed by atoms with E-state index in [9.17, 15) is 65.4 Å². The lowest BCUT2D eigenvalue weighted by atomic mass is 9.43. The largest absolute Gasteiger partial charge is 0.394 e. The van der Waals surface area contributed by atoms with E-state index in [4.69, 9.17) is 10.2 Å². The Bertz CT molecular complexity index is 1350. The van der Waals surface area contributed by atoms with Gasteiger partial charge in [-0.05, 0) is 117 Å². The van der Waals surface area contributed by atoms with Gasteiger partial charge in [0.25, 0.3) is 11.8 Å². The van der Waals surface area contributed by atoms with E-state index in [0.29, 0.717) is 30.1 Å². The molecule has 348 valence electrons. The average molecular weight is 862 g/mol. The molecule has 4 rings (SSSR count). The predicted octanol–water partition coefficient (Wildman–Crippen LogP) is -2.89. The molecule has 0 aromatic carbocycles. The van der Waals surface area contributed by atoms with Crippen LogP contribution in [0.25, 0.3) is 0 Å². The summed E-state index contributed by atoms with van der Waals surface area (Å²) in [6.45, 7) is 5.15. The Kier molecular flexibility index (Phi) is 18.6. The zero-order valence-corrected chi connectivity index (χ0v) is 35.5. The number of carbonyl (C=O) groups is 3. The molecule has 3 amide bonds. The van der Waals surface area contributed by atoms with Crippen LogP contribution in [0.5, 0.6) is 0 Å². The zero-order chi connectivity index (χ0) is 44.7. The van der Waals surface area contributed by atoms with E-state index in [1.54, 1.807) is 4.90 Å². The molecular formula is C42H75N3O15. The fourth-order valence-corrected chi connectivity index (χ4v) is 11.8. The molecule has 0 bridgehead atoms. The maximum Gasteiger partial charge on any atom is 0.251 e. The Hall–Kier alpha value is -2.07. The van der Waals surface area contributed by atoms with Gasteiger partial charge in [-0.25, -0.2) is 0 Å². The number of hydrogen-bond donors (Lipinski definition) is 14. The van der Waals surface area contributed by atoms with Crippen molar-refractivity contribution in [3.8, 4) is 0 Å². The van der Waals surface area contributed by atoms with Gasteiger partial charge in [-0.15, -0.1) is 0 Å². The van der Waals surface area contributed by atoms with Crippen LogP contribution in [-0.2, 0) is 14.4 Å². The van der Waals surface area contributed by atoms with Crippen molar-refractivity contribution in [1.29, 1.82) is 0 Å². The Labute approximate surface area is 353 Å². The van der Waals surface area contributed by atoms with Crippen LogP contribution in [0.2, 0.25) is 0 Å². The number of carbonyl (C=O) groups excluding carboxylic acids is 3. The van der Waals surface area contributed by atoms with Gasteiger partial charge in [0.2, 0.25) is 5.91 Å². The van der Waals surface area contributed by atoms with Gasteiger partial charge in [-0.2, -0.15) is 0 Å². The van der Waals surface area contributed by atoms with Gasteiger partial charge >= 0.3 is 0 Å². The summed E-state index contributed by atoms with van der Waals surface area (Å²) in [6, 6.07) is 0. The van der Waals surface area contributed by atoms with Crippen molar-refractivity contribution in [2.75, 3.05) is 39.4 Å². The second-order valence-electron chi connectivity index (χ2n) is 18.9. The molecule has 0 aromatic rings. The van der Waals surface area contributed by atoms with E-state index in [1.807, 2.05) is 0 Å². The molecule has 0 radical (unpaired) electrons. The lowest BCUT2D eigenvalue weighted by molar-refractivity contribution is -0.175. The Morgan fingerprint density at radius 3 is 1.75 bits per heavy atom. The maximum atomic E-state index is 13.8. The van der Waals surface area contributed by atoms with E-state index in [1.165, 1.54) is 0 Å². The summed E-state index contributed by atoms with van der Waals surface area (Å²) in [4.78, 5) is 40.3. The Balaban J connectivity index is 1.35. The van der Waals surface area contributed by atoms with Crippen molar-refractivity contribution < 1.29 is 75.7 Å². The highest BCUT2D eigenvalue weighted by Gasteiger charge is 2.63. The summed E-state index contributed by atoms with van der Waals surface area (Å²) >= 11 is 0. The Morgan fingerprint density at radius 1 is 0.700 bits per heavy atom. The molecule has 60 heavy (non-hydrogen) atoms. The monoisotopic (exact) mass is 862 g/mol. The molecule has 0 heterocycles. The molecule has 4 fully saturated rings. The van der Waals surface area contributed by atoms with E-state index in [-0.39, 0.29) is 80.1 Å². The van der Waals surface area contributed by atoms with Crippen molar-refractivity contribution in [3.05, 3.63) is 0 Å². The number of nitrogens with zero attached hydrogens (tertiary/aromatic N) is 1. The highest BCUT2D eigenvalue weighted by atomic mass is 16.4. The van der Waals surface area contributed by atoms with Crippen molar-refractivity contribution in [3.63, 3.8) is 0 Å². The number of hydrogen-bond acceptors (Lipinski definition) is 15. The van der Waals surface area contributed by atoms with E-state index >= 15 is 0 Å². The lowest BCUT2D eigenvalue weighted by Crippen LogP contribution is -2.58. The molecule has 18 atom stereocenters. The highest BCUT2D eigenvalue weighted by molar-refractivity contribution is 5.81. The van der Waals surface area contributed by atoms with Gasteiger partial charge in [0.05, 0.1) is 25.4 Å². The minimum atomic E-state index is -2.11. The lowest BCUT2D eigenvalue weighted by Gasteiger charge is -2.62. The summed E-state index contributed by atoms with van der Waals surface area (Å²) in [5.41, 5.74) is -0.164. The van der Waals surface area contributed by atoms with E-state index < -0.39 is 80.0 Å². The van der Waals surface area contributed by atoms with Crippen LogP contribution < -0.4 is 10.6 Å². The molecular weight excluding hydrogens is 786 g/mol. The normalized spacial score (nSPS) is 34.6. The summed E-state index contributed by atoms with van der Waals surface area (Å²) in [5.74, 6) is -0.145. The molecule has 1 unspecified atom stereocenters. The van der Waals surface area contributed by atoms with Crippen LogP contribution in [0, 0.1) is 46.3 Å². The quantitative estimate of drug-likeness (QED) is 0.0486. The van der Waals surface area contributed by atoms with Gasteiger partial charge in [-0.3, -0.25) is 14.4 Å². The number of aliphatic hydroxyl groups is 12. The van der Waals surface area contributed by atoms with Gasteiger partial charge in [0.15, 0.2) is 12.2 Å². The fraction of sp³-hybridized carbons (Fsp3) is 0.929. The SMILES string of the molecule is C[C@H](CCC(=O)N(CCCNC(=O)[C@H](O)[C@@H](O)[C@H](O)[C@H](O)CO)CCCNC(=O)[C@H](O)[C@@H](O)[C@H](O)[C@H](O)CO)[C@H]1CC[C@H]2C3CC[C@@H]4C[C@H](O)CC[C@]4(C)[C@H]3C[C@H](O)[C@]12C. The molecule has 4 aliphatic carbocycles. The van der Waals surface area contributed by atoms with E-state index in [2.05, 4.69) is 31.4 Å². The number of fused-ring (bicyclic) bond motifs is 5. The number of nitrogens with one attached hydrogen (secondary N) is 2. The first-order chi connectivity index (χ1) is 28.2. The van der Waals surface area contributed by atoms with E-state index in [0.717, 1.165) is 51.4 Å². The molecule has 14 N–H and O–H groups in total. The maximum absolute atomic E-state index is 13.8. The first-order valence-electron chi connectivity index (χ1n) is 22.1. The summed E-state index contributed by atoms with van der Waals surface area (Å²) < 4.78 is 0. The van der Waals surface area contributed by atoms with Crippen molar-refractivity contribution >= 4 is 17.7 Å². The van der Waals surface area contributed by atoms with Crippen LogP contribution in [0.4, 0.5) is 0 Å². The molecule has 0 saturated heterocycles. The number of aliphatic hydroxyl groups excluding tert-OH is 12. The third-order valence-corrected chi connectivity index (χ3v) is 15.5. The summed E-state index contributed by atoms with van der Waals surface area (Å²) in [6.07, 6.45) is -7.85. The third kappa shape index (κ3) is 11.2. The predicted molar refractivity (Wildman–Crippen MR) is 215 cm³/mol. The Morgan fingerprint density at radius 2 is 1.23 bits per heavy atom. The second kappa shape index (κ2) is 22.0. The smallest absolute Gasteiger partial charge is 0.251 e. The highest BCUT2D eigenvalue weighted by Crippen LogP contribution is 2.68. The molecule has 4 saturated carbocycles. The van der Waals surface area contributed by atoms with Gasteiger partial charge in [0, 0.05) is 32.6 Å². The number of amides is 3. The molecule has 18 heteroatoms. The standard InChI is InChI=1S/C42H75N3O15/c1-22(26-9-10-27-25-8-7-23-18-24(48)12-13-41(23,2)28(25)19-31(51)42(26,27)3)6-11-32(52)45(16-4-14-43-39(59)37(57)35(55)33(53)29(49)20-46)17-5-15-44-40(60)38(58)36(56)34(54)30(50)21-47/h22-31,33-38,46-51,53-58H,4-21H2,1-3H3,(H,43,59)(H,44,60)/t22-,23-,24-,25?,26-,27+,28+,29-,30-,31+,33-,34-,35+,36+,37-,38-,41+,42-/m1/s1. The number of rotatable bonds is 22. The molecule has 18 nitrogen and oxygen atoms in total. The van der Waals surface area contributed by atoms with Crippen LogP contribution in [0.3, 0.4) is 0 Å². The minimum absolute atomic E-state index is 0.0491. The molecule has 4 aliphatic rings. The molecule has 0 aliphatic heterocycles. The van der Waals surface area contributed by atoms with Crippen LogP contribution in [0.15, 0.2) is 0 Å². The molecule has 0 spiro atoms. The summed E-state index contributed by atoms with van der Waals surface area (Å²) in [5, 5.41) is 124. The van der Waals surface area contributed by atoms with Gasteiger partial charge < -0.3 is 76.8 Å².